The summed E-state index contributed by atoms with van der Waals surface area (Å²) >= 11 is 0. The number of nitrogens with one attached hydrogen (secondary N) is 2. The first-order valence-electron chi connectivity index (χ1n) is 6.92. The Labute approximate surface area is 119 Å². The third-order valence-corrected chi connectivity index (χ3v) is 3.00. The minimum absolute atomic E-state index is 0.217. The molecule has 0 fully saturated rings. The molecule has 0 saturated heterocycles. The second-order valence-corrected chi connectivity index (χ2v) is 4.55. The molecule has 2 aromatic rings. The Morgan fingerprint density at radius 2 is 2.05 bits per heavy atom. The Bertz CT molecular complexity index is 575. The summed E-state index contributed by atoms with van der Waals surface area (Å²) in [5.74, 6) is 0.945. The van der Waals surface area contributed by atoms with Crippen LogP contribution in [-0.2, 0) is 13.0 Å². The van der Waals surface area contributed by atoms with Crippen molar-refractivity contribution in [3.8, 4) is 0 Å². The van der Waals surface area contributed by atoms with Gasteiger partial charge in [-0.05, 0) is 36.4 Å². The first-order chi connectivity index (χ1) is 9.72. The maximum absolute atomic E-state index is 12.0. The van der Waals surface area contributed by atoms with Gasteiger partial charge in [-0.15, -0.1) is 0 Å². The fourth-order valence-electron chi connectivity index (χ4n) is 1.91. The van der Waals surface area contributed by atoms with Crippen LogP contribution in [0.4, 0.5) is 5.69 Å². The van der Waals surface area contributed by atoms with Crippen molar-refractivity contribution >= 4 is 11.6 Å². The molecule has 0 atom stereocenters. The van der Waals surface area contributed by atoms with Gasteiger partial charge in [-0.2, -0.15) is 0 Å². The molecule has 0 unspecified atom stereocenters. The van der Waals surface area contributed by atoms with Crippen molar-refractivity contribution in [1.82, 2.24) is 5.32 Å². The number of benzene rings is 1. The smallest absolute Gasteiger partial charge is 0.291 e. The summed E-state index contributed by atoms with van der Waals surface area (Å²) in [6, 6.07) is 11.3. The van der Waals surface area contributed by atoms with Crippen LogP contribution in [0.15, 0.2) is 40.8 Å². The molecule has 0 aliphatic carbocycles. The maximum Gasteiger partial charge on any atom is 0.291 e. The number of furan rings is 1. The van der Waals surface area contributed by atoms with E-state index in [0.717, 1.165) is 36.5 Å². The molecule has 1 heterocycles. The number of anilines is 1. The molecule has 1 amide bonds. The molecule has 0 saturated carbocycles. The average Bonchev–Trinajstić information content (AvgIpc) is 2.94. The second kappa shape index (κ2) is 6.91. The SMILES string of the molecule is CCNCc1cccc(NC(=O)c2ccc(CC)o2)c1. The van der Waals surface area contributed by atoms with Crippen LogP contribution >= 0.6 is 0 Å². The van der Waals surface area contributed by atoms with Crippen LogP contribution in [0.2, 0.25) is 0 Å². The highest BCUT2D eigenvalue weighted by molar-refractivity contribution is 6.02. The van der Waals surface area contributed by atoms with Gasteiger partial charge in [-0.1, -0.05) is 26.0 Å². The summed E-state index contributed by atoms with van der Waals surface area (Å²) in [4.78, 5) is 12.0. The fourth-order valence-corrected chi connectivity index (χ4v) is 1.91. The van der Waals surface area contributed by atoms with Gasteiger partial charge in [0.15, 0.2) is 5.76 Å². The van der Waals surface area contributed by atoms with E-state index < -0.39 is 0 Å². The lowest BCUT2D eigenvalue weighted by Crippen LogP contribution is -2.13. The molecule has 0 radical (unpaired) electrons. The highest BCUT2D eigenvalue weighted by atomic mass is 16.3. The van der Waals surface area contributed by atoms with Crippen molar-refractivity contribution in [2.24, 2.45) is 0 Å². The molecular formula is C16H20N2O2. The van der Waals surface area contributed by atoms with E-state index in [0.29, 0.717) is 5.76 Å². The van der Waals surface area contributed by atoms with Crippen LogP contribution in [0.3, 0.4) is 0 Å². The summed E-state index contributed by atoms with van der Waals surface area (Å²) in [6.07, 6.45) is 0.783. The minimum atomic E-state index is -0.217. The molecule has 0 aliphatic rings. The van der Waals surface area contributed by atoms with Gasteiger partial charge in [-0.25, -0.2) is 0 Å². The topological polar surface area (TPSA) is 54.3 Å². The van der Waals surface area contributed by atoms with E-state index in [1.165, 1.54) is 0 Å². The van der Waals surface area contributed by atoms with Crippen molar-refractivity contribution in [1.29, 1.82) is 0 Å². The lowest BCUT2D eigenvalue weighted by Gasteiger charge is -2.06. The summed E-state index contributed by atoms with van der Waals surface area (Å²) in [5, 5.41) is 6.11. The van der Waals surface area contributed by atoms with Crippen LogP contribution in [0.25, 0.3) is 0 Å². The molecule has 1 aromatic heterocycles. The van der Waals surface area contributed by atoms with Gasteiger partial charge in [0, 0.05) is 18.7 Å². The number of hydrogen-bond acceptors (Lipinski definition) is 3. The zero-order valence-corrected chi connectivity index (χ0v) is 11.9. The van der Waals surface area contributed by atoms with E-state index >= 15 is 0 Å². The second-order valence-electron chi connectivity index (χ2n) is 4.55. The molecule has 0 bridgehead atoms. The van der Waals surface area contributed by atoms with E-state index in [-0.39, 0.29) is 5.91 Å². The van der Waals surface area contributed by atoms with Gasteiger partial charge in [-0.3, -0.25) is 4.79 Å². The number of carbonyl (C=O) groups excluding carboxylic acids is 1. The highest BCUT2D eigenvalue weighted by Crippen LogP contribution is 2.14. The lowest BCUT2D eigenvalue weighted by molar-refractivity contribution is 0.0995. The molecule has 106 valence electrons. The number of carbonyl (C=O) groups is 1. The summed E-state index contributed by atoms with van der Waals surface area (Å²) in [5.41, 5.74) is 1.91. The van der Waals surface area contributed by atoms with E-state index in [2.05, 4.69) is 17.6 Å². The van der Waals surface area contributed by atoms with Gasteiger partial charge >= 0.3 is 0 Å². The highest BCUT2D eigenvalue weighted by Gasteiger charge is 2.10. The lowest BCUT2D eigenvalue weighted by atomic mass is 10.2. The Morgan fingerprint density at radius 3 is 2.75 bits per heavy atom. The van der Waals surface area contributed by atoms with Crippen molar-refractivity contribution in [3.05, 3.63) is 53.5 Å². The molecule has 4 nitrogen and oxygen atoms in total. The number of hydrogen-bond donors (Lipinski definition) is 2. The molecule has 2 rings (SSSR count). The zero-order chi connectivity index (χ0) is 14.4. The molecule has 2 N–H and O–H groups in total. The largest absolute Gasteiger partial charge is 0.456 e. The monoisotopic (exact) mass is 272 g/mol. The molecule has 0 aliphatic heterocycles. The number of aryl methyl sites for hydroxylation is 1. The van der Waals surface area contributed by atoms with Crippen LogP contribution in [0.1, 0.15) is 35.7 Å². The zero-order valence-electron chi connectivity index (χ0n) is 11.9. The predicted octanol–water partition coefficient (Wildman–Crippen LogP) is 3.20. The Hall–Kier alpha value is -2.07. The van der Waals surface area contributed by atoms with Gasteiger partial charge in [0.2, 0.25) is 0 Å². The van der Waals surface area contributed by atoms with E-state index in [9.17, 15) is 4.79 Å². The van der Waals surface area contributed by atoms with Gasteiger partial charge in [0.25, 0.3) is 5.91 Å². The number of amides is 1. The molecule has 0 spiro atoms. The molecular weight excluding hydrogens is 252 g/mol. The standard InChI is InChI=1S/C16H20N2O2/c1-3-14-8-9-15(20-14)16(19)18-13-7-5-6-12(10-13)11-17-4-2/h5-10,17H,3-4,11H2,1-2H3,(H,18,19). The fraction of sp³-hybridized carbons (Fsp3) is 0.312. The van der Waals surface area contributed by atoms with Crippen LogP contribution in [-0.4, -0.2) is 12.5 Å². The Kier molecular flexibility index (Phi) is 4.96. The Balaban J connectivity index is 2.03. The molecule has 1 aromatic carbocycles. The molecule has 20 heavy (non-hydrogen) atoms. The first kappa shape index (κ1) is 14.3. The van der Waals surface area contributed by atoms with E-state index in [1.54, 1.807) is 6.07 Å². The quantitative estimate of drug-likeness (QED) is 0.849. The third-order valence-electron chi connectivity index (χ3n) is 3.00. The third kappa shape index (κ3) is 3.71. The average molecular weight is 272 g/mol. The minimum Gasteiger partial charge on any atom is -0.456 e. The van der Waals surface area contributed by atoms with Gasteiger partial charge < -0.3 is 15.1 Å². The van der Waals surface area contributed by atoms with Crippen LogP contribution in [0.5, 0.6) is 0 Å². The van der Waals surface area contributed by atoms with Crippen molar-refractivity contribution in [2.75, 3.05) is 11.9 Å². The van der Waals surface area contributed by atoms with Crippen LogP contribution < -0.4 is 10.6 Å². The predicted molar refractivity (Wildman–Crippen MR) is 79.9 cm³/mol. The summed E-state index contributed by atoms with van der Waals surface area (Å²) in [7, 11) is 0. The van der Waals surface area contributed by atoms with Crippen LogP contribution in [0, 0.1) is 0 Å². The first-order valence-corrected chi connectivity index (χ1v) is 6.92. The molecule has 4 heteroatoms. The normalized spacial score (nSPS) is 10.5. The van der Waals surface area contributed by atoms with Gasteiger partial charge in [0.1, 0.15) is 5.76 Å². The van der Waals surface area contributed by atoms with E-state index in [1.807, 2.05) is 37.3 Å². The number of rotatable bonds is 6. The summed E-state index contributed by atoms with van der Waals surface area (Å²) < 4.78 is 5.44. The van der Waals surface area contributed by atoms with Gasteiger partial charge in [0.05, 0.1) is 0 Å². The van der Waals surface area contributed by atoms with Crippen molar-refractivity contribution in [2.45, 2.75) is 26.8 Å². The van der Waals surface area contributed by atoms with E-state index in [4.69, 9.17) is 4.42 Å². The van der Waals surface area contributed by atoms with Crippen molar-refractivity contribution < 1.29 is 9.21 Å². The Morgan fingerprint density at radius 1 is 1.20 bits per heavy atom. The summed E-state index contributed by atoms with van der Waals surface area (Å²) in [6.45, 7) is 5.77. The maximum atomic E-state index is 12.0. The van der Waals surface area contributed by atoms with Crippen molar-refractivity contribution in [3.63, 3.8) is 0 Å².